The molecule has 0 aliphatic heterocycles. The Morgan fingerprint density at radius 1 is 0.774 bits per heavy atom. The number of carbonyl (C=O) groups is 3. The van der Waals surface area contributed by atoms with Crippen LogP contribution in [0.2, 0.25) is 0 Å². The van der Waals surface area contributed by atoms with Gasteiger partial charge in [-0.05, 0) is 42.0 Å². The monoisotopic (exact) mass is 413 g/mol. The summed E-state index contributed by atoms with van der Waals surface area (Å²) in [5.74, 6) is 0.352. The number of carbonyl (C=O) groups excluding carboxylic acids is 3. The van der Waals surface area contributed by atoms with Crippen LogP contribution in [0.15, 0.2) is 66.7 Å². The lowest BCUT2D eigenvalue weighted by Crippen LogP contribution is -2.21. The van der Waals surface area contributed by atoms with Crippen molar-refractivity contribution in [1.82, 2.24) is 0 Å². The first-order valence-corrected chi connectivity index (χ1v) is 9.55. The van der Waals surface area contributed by atoms with Gasteiger partial charge in [0.15, 0.2) is 23.1 Å². The Balaban J connectivity index is 1.53. The first-order valence-electron chi connectivity index (χ1n) is 9.55. The molecular weight excluding hydrogens is 394 g/mol. The highest BCUT2D eigenvalue weighted by molar-refractivity contribution is 6.28. The second-order valence-electron chi connectivity index (χ2n) is 6.90. The molecule has 6 nitrogen and oxygen atoms in total. The number of benzene rings is 3. The minimum absolute atomic E-state index is 0.198. The van der Waals surface area contributed by atoms with Gasteiger partial charge in [0, 0.05) is 34.0 Å². The predicted octanol–water partition coefficient (Wildman–Crippen LogP) is 4.13. The summed E-state index contributed by atoms with van der Waals surface area (Å²) >= 11 is 0. The van der Waals surface area contributed by atoms with Crippen molar-refractivity contribution in [2.45, 2.75) is 0 Å². The Morgan fingerprint density at radius 3 is 2.10 bits per heavy atom. The molecule has 0 radical (unpaired) electrons. The third-order valence-electron chi connectivity index (χ3n) is 5.03. The quantitative estimate of drug-likeness (QED) is 0.498. The summed E-state index contributed by atoms with van der Waals surface area (Å²) in [4.78, 5) is 37.9. The van der Waals surface area contributed by atoms with Crippen molar-refractivity contribution in [3.05, 3.63) is 94.6 Å². The van der Waals surface area contributed by atoms with Crippen molar-refractivity contribution in [1.29, 1.82) is 0 Å². The van der Waals surface area contributed by atoms with Crippen LogP contribution in [0.5, 0.6) is 11.5 Å². The van der Waals surface area contributed by atoms with Crippen LogP contribution in [0.1, 0.15) is 37.4 Å². The van der Waals surface area contributed by atoms with Crippen LogP contribution < -0.4 is 14.8 Å². The Hall–Kier alpha value is -4.19. The first-order chi connectivity index (χ1) is 15.0. The number of fused-ring (bicyclic) bond motifs is 2. The highest BCUT2D eigenvalue weighted by Gasteiger charge is 2.29. The molecule has 0 heterocycles. The molecule has 0 unspecified atom stereocenters. The van der Waals surface area contributed by atoms with E-state index in [0.29, 0.717) is 33.9 Å². The van der Waals surface area contributed by atoms with E-state index in [4.69, 9.17) is 9.47 Å². The summed E-state index contributed by atoms with van der Waals surface area (Å²) in [6, 6.07) is 16.7. The summed E-state index contributed by atoms with van der Waals surface area (Å²) in [6.45, 7) is 0. The fraction of sp³-hybridized carbons (Fsp3) is 0.0800. The van der Waals surface area contributed by atoms with Gasteiger partial charge in [-0.2, -0.15) is 0 Å². The van der Waals surface area contributed by atoms with Gasteiger partial charge in [-0.25, -0.2) is 0 Å². The third-order valence-corrected chi connectivity index (χ3v) is 5.03. The molecule has 0 saturated heterocycles. The topological polar surface area (TPSA) is 81.7 Å². The van der Waals surface area contributed by atoms with Crippen LogP contribution in [-0.2, 0) is 4.79 Å². The maximum absolute atomic E-state index is 12.8. The van der Waals surface area contributed by atoms with Gasteiger partial charge in [0.05, 0.1) is 14.2 Å². The minimum atomic E-state index is -0.371. The van der Waals surface area contributed by atoms with Crippen LogP contribution in [-0.4, -0.2) is 31.7 Å². The second kappa shape index (κ2) is 8.28. The van der Waals surface area contributed by atoms with E-state index in [9.17, 15) is 14.4 Å². The molecule has 154 valence electrons. The van der Waals surface area contributed by atoms with E-state index in [1.165, 1.54) is 12.1 Å². The molecule has 0 bridgehead atoms. The second-order valence-corrected chi connectivity index (χ2v) is 6.90. The number of ether oxygens (including phenoxy) is 2. The summed E-state index contributed by atoms with van der Waals surface area (Å²) in [5.41, 5.74) is 2.58. The molecule has 1 amide bonds. The molecule has 3 aromatic carbocycles. The van der Waals surface area contributed by atoms with E-state index >= 15 is 0 Å². The van der Waals surface area contributed by atoms with Gasteiger partial charge in [0.2, 0.25) is 5.91 Å². The highest BCUT2D eigenvalue weighted by atomic mass is 16.5. The molecule has 1 aliphatic carbocycles. The molecule has 1 aliphatic rings. The Labute approximate surface area is 179 Å². The summed E-state index contributed by atoms with van der Waals surface area (Å²) in [7, 11) is 3.09. The van der Waals surface area contributed by atoms with Gasteiger partial charge in [-0.1, -0.05) is 30.3 Å². The molecule has 4 rings (SSSR count). The van der Waals surface area contributed by atoms with Crippen LogP contribution in [0, 0.1) is 0 Å². The van der Waals surface area contributed by atoms with E-state index in [2.05, 4.69) is 5.32 Å². The molecule has 31 heavy (non-hydrogen) atoms. The molecule has 3 aromatic rings. The number of amides is 1. The Kier molecular flexibility index (Phi) is 5.37. The maximum Gasteiger partial charge on any atom is 0.248 e. The molecule has 1 N–H and O–H groups in total. The van der Waals surface area contributed by atoms with E-state index in [0.717, 1.165) is 5.56 Å². The zero-order chi connectivity index (χ0) is 22.0. The molecule has 0 aromatic heterocycles. The lowest BCUT2D eigenvalue weighted by atomic mass is 9.84. The number of ketones is 2. The third kappa shape index (κ3) is 3.83. The average Bonchev–Trinajstić information content (AvgIpc) is 2.81. The van der Waals surface area contributed by atoms with Crippen molar-refractivity contribution in [2.24, 2.45) is 0 Å². The molecule has 0 atom stereocenters. The van der Waals surface area contributed by atoms with Gasteiger partial charge in [-0.15, -0.1) is 0 Å². The molecule has 0 spiro atoms. The predicted molar refractivity (Wildman–Crippen MR) is 117 cm³/mol. The standard InChI is InChI=1S/C25H19NO5/c1-30-21-11-7-15(13-22(21)31-2)8-12-23(27)26-16-9-10-19-20(14-16)25(29)18-6-4-3-5-17(18)24(19)28/h3-14H,1-2H3,(H,26,27)/b12-8+. The van der Waals surface area contributed by atoms with Crippen molar-refractivity contribution in [3.8, 4) is 11.5 Å². The summed E-state index contributed by atoms with van der Waals surface area (Å²) in [6.07, 6.45) is 3.02. The first kappa shape index (κ1) is 20.1. The Morgan fingerprint density at radius 2 is 1.42 bits per heavy atom. The van der Waals surface area contributed by atoms with Crippen LogP contribution in [0.25, 0.3) is 6.08 Å². The highest BCUT2D eigenvalue weighted by Crippen LogP contribution is 2.30. The average molecular weight is 413 g/mol. The fourth-order valence-electron chi connectivity index (χ4n) is 3.49. The number of hydrogen-bond acceptors (Lipinski definition) is 5. The molecular formula is C25H19NO5. The van der Waals surface area contributed by atoms with Gasteiger partial charge in [0.25, 0.3) is 0 Å². The molecule has 6 heteroatoms. The van der Waals surface area contributed by atoms with Crippen molar-refractivity contribution < 1.29 is 23.9 Å². The number of rotatable bonds is 5. The van der Waals surface area contributed by atoms with Crippen molar-refractivity contribution in [3.63, 3.8) is 0 Å². The lowest BCUT2D eigenvalue weighted by Gasteiger charge is -2.18. The Bertz CT molecular complexity index is 1240. The SMILES string of the molecule is COc1ccc(/C=C/C(=O)Nc2ccc3c(c2)C(=O)c2ccccc2C3=O)cc1OC. The van der Waals surface area contributed by atoms with Crippen molar-refractivity contribution in [2.75, 3.05) is 19.5 Å². The minimum Gasteiger partial charge on any atom is -0.493 e. The smallest absolute Gasteiger partial charge is 0.248 e. The lowest BCUT2D eigenvalue weighted by molar-refractivity contribution is -0.111. The van der Waals surface area contributed by atoms with Crippen LogP contribution >= 0.6 is 0 Å². The largest absolute Gasteiger partial charge is 0.493 e. The summed E-state index contributed by atoms with van der Waals surface area (Å²) in [5, 5.41) is 2.73. The van der Waals surface area contributed by atoms with E-state index in [1.807, 2.05) is 0 Å². The number of hydrogen-bond donors (Lipinski definition) is 1. The van der Waals surface area contributed by atoms with E-state index < -0.39 is 0 Å². The van der Waals surface area contributed by atoms with Crippen molar-refractivity contribution >= 4 is 29.2 Å². The zero-order valence-corrected chi connectivity index (χ0v) is 17.0. The zero-order valence-electron chi connectivity index (χ0n) is 17.0. The number of nitrogens with one attached hydrogen (secondary N) is 1. The van der Waals surface area contributed by atoms with Gasteiger partial charge < -0.3 is 14.8 Å². The van der Waals surface area contributed by atoms with E-state index in [-0.39, 0.29) is 23.0 Å². The summed E-state index contributed by atoms with van der Waals surface area (Å²) < 4.78 is 10.5. The number of anilines is 1. The normalized spacial score (nSPS) is 12.3. The maximum atomic E-state index is 12.8. The molecule has 0 saturated carbocycles. The van der Waals surface area contributed by atoms with E-state index in [1.54, 1.807) is 74.9 Å². The fourth-order valence-corrected chi connectivity index (χ4v) is 3.49. The van der Waals surface area contributed by atoms with Crippen LogP contribution in [0.3, 0.4) is 0 Å². The number of methoxy groups -OCH3 is 2. The van der Waals surface area contributed by atoms with Gasteiger partial charge in [0.1, 0.15) is 0 Å². The van der Waals surface area contributed by atoms with Crippen LogP contribution in [0.4, 0.5) is 5.69 Å². The van der Waals surface area contributed by atoms with Gasteiger partial charge in [-0.3, -0.25) is 14.4 Å². The van der Waals surface area contributed by atoms with Gasteiger partial charge >= 0.3 is 0 Å². The molecule has 0 fully saturated rings.